The summed E-state index contributed by atoms with van der Waals surface area (Å²) in [7, 11) is 0. The number of carbonyl (C=O) groups excluding carboxylic acids is 1. The summed E-state index contributed by atoms with van der Waals surface area (Å²) in [4.78, 5) is 14.3. The number of ether oxygens (including phenoxy) is 1. The lowest BCUT2D eigenvalue weighted by Crippen LogP contribution is -2.34. The molecule has 0 radical (unpaired) electrons. The number of para-hydroxylation sites is 1. The average molecular weight is 379 g/mol. The molecule has 5 heteroatoms. The third kappa shape index (κ3) is 3.74. The van der Waals surface area contributed by atoms with Gasteiger partial charge in [0.05, 0.1) is 5.69 Å². The van der Waals surface area contributed by atoms with Crippen molar-refractivity contribution in [2.24, 2.45) is 0 Å². The second-order valence-corrected chi connectivity index (χ2v) is 6.78. The first-order valence-electron chi connectivity index (χ1n) is 9.21. The Morgan fingerprint density at radius 2 is 1.64 bits per heavy atom. The number of amides is 1. The van der Waals surface area contributed by atoms with Gasteiger partial charge in [0.25, 0.3) is 0 Å². The maximum atomic E-state index is 14.0. The van der Waals surface area contributed by atoms with Crippen LogP contribution in [-0.4, -0.2) is 12.6 Å². The van der Waals surface area contributed by atoms with Gasteiger partial charge in [0, 0.05) is 12.5 Å². The van der Waals surface area contributed by atoms with Crippen LogP contribution >= 0.6 is 0 Å². The van der Waals surface area contributed by atoms with Crippen molar-refractivity contribution in [2.75, 3.05) is 11.4 Å². The van der Waals surface area contributed by atoms with E-state index in [0.717, 1.165) is 17.5 Å². The first-order chi connectivity index (χ1) is 13.6. The maximum Gasteiger partial charge on any atom is 0.419 e. The fourth-order valence-corrected chi connectivity index (χ4v) is 3.65. The summed E-state index contributed by atoms with van der Waals surface area (Å²) in [5, 5.41) is 0. The van der Waals surface area contributed by atoms with Gasteiger partial charge >= 0.3 is 6.09 Å². The van der Waals surface area contributed by atoms with Crippen molar-refractivity contribution in [3.63, 3.8) is 0 Å². The van der Waals surface area contributed by atoms with Crippen molar-refractivity contribution in [3.05, 3.63) is 95.6 Å². The zero-order valence-corrected chi connectivity index (χ0v) is 15.1. The average Bonchev–Trinajstić information content (AvgIpc) is 2.89. The minimum absolute atomic E-state index is 0.0503. The van der Waals surface area contributed by atoms with Gasteiger partial charge in [-0.15, -0.1) is 0 Å². The van der Waals surface area contributed by atoms with Gasteiger partial charge in [0.1, 0.15) is 17.4 Å². The van der Waals surface area contributed by atoms with Crippen LogP contribution in [0.15, 0.2) is 72.8 Å². The second kappa shape index (κ2) is 7.80. The molecular weight excluding hydrogens is 360 g/mol. The van der Waals surface area contributed by atoms with E-state index >= 15 is 0 Å². The summed E-state index contributed by atoms with van der Waals surface area (Å²) < 4.78 is 32.9. The van der Waals surface area contributed by atoms with E-state index in [9.17, 15) is 13.6 Å². The van der Waals surface area contributed by atoms with Gasteiger partial charge in [-0.25, -0.2) is 13.6 Å². The van der Waals surface area contributed by atoms with E-state index in [1.54, 1.807) is 42.5 Å². The van der Waals surface area contributed by atoms with E-state index in [1.807, 2.05) is 6.07 Å². The van der Waals surface area contributed by atoms with Gasteiger partial charge in [0.2, 0.25) is 0 Å². The topological polar surface area (TPSA) is 29.5 Å². The molecule has 142 valence electrons. The van der Waals surface area contributed by atoms with Crippen LogP contribution in [0.1, 0.15) is 29.9 Å². The van der Waals surface area contributed by atoms with Crippen molar-refractivity contribution >= 4 is 11.8 Å². The Kier molecular flexibility index (Phi) is 5.06. The fourth-order valence-electron chi connectivity index (χ4n) is 3.65. The SMILES string of the molecule is O=C(Oc1ccccc1)N1CCCC(c2ccc(F)cc2)c2ccc(F)cc21. The molecular formula is C23H19F2NO2. The van der Waals surface area contributed by atoms with Crippen LogP contribution in [0.4, 0.5) is 19.3 Å². The van der Waals surface area contributed by atoms with Crippen molar-refractivity contribution < 1.29 is 18.3 Å². The Morgan fingerprint density at radius 1 is 0.929 bits per heavy atom. The van der Waals surface area contributed by atoms with Gasteiger partial charge in [0.15, 0.2) is 0 Å². The van der Waals surface area contributed by atoms with E-state index in [1.165, 1.54) is 29.2 Å². The van der Waals surface area contributed by atoms with Crippen LogP contribution in [0.5, 0.6) is 5.75 Å². The lowest BCUT2D eigenvalue weighted by atomic mass is 9.87. The lowest BCUT2D eigenvalue weighted by molar-refractivity contribution is 0.207. The normalized spacial score (nSPS) is 16.2. The molecule has 0 spiro atoms. The number of hydrogen-bond donors (Lipinski definition) is 0. The molecule has 28 heavy (non-hydrogen) atoms. The van der Waals surface area contributed by atoms with E-state index < -0.39 is 11.9 Å². The molecule has 0 N–H and O–H groups in total. The number of carbonyl (C=O) groups is 1. The Labute approximate surface area is 162 Å². The van der Waals surface area contributed by atoms with Gasteiger partial charge in [-0.2, -0.15) is 0 Å². The number of anilines is 1. The molecule has 1 heterocycles. The second-order valence-electron chi connectivity index (χ2n) is 6.78. The summed E-state index contributed by atoms with van der Waals surface area (Å²) in [5.74, 6) is -0.337. The number of nitrogens with zero attached hydrogens (tertiary/aromatic N) is 1. The molecule has 1 atom stereocenters. The zero-order chi connectivity index (χ0) is 19.5. The summed E-state index contributed by atoms with van der Waals surface area (Å²) in [6.07, 6.45) is 0.930. The molecule has 3 nitrogen and oxygen atoms in total. The monoisotopic (exact) mass is 379 g/mol. The molecule has 0 saturated heterocycles. The van der Waals surface area contributed by atoms with Crippen molar-refractivity contribution in [1.82, 2.24) is 0 Å². The quantitative estimate of drug-likeness (QED) is 0.555. The summed E-state index contributed by atoms with van der Waals surface area (Å²) in [5.41, 5.74) is 2.26. The predicted octanol–water partition coefficient (Wildman–Crippen LogP) is 5.90. The number of rotatable bonds is 2. The van der Waals surface area contributed by atoms with Crippen molar-refractivity contribution in [3.8, 4) is 5.75 Å². The number of benzene rings is 3. The molecule has 0 aromatic heterocycles. The van der Waals surface area contributed by atoms with Gasteiger partial charge < -0.3 is 4.74 Å². The van der Waals surface area contributed by atoms with Gasteiger partial charge in [-0.3, -0.25) is 4.90 Å². The fraction of sp³-hybridized carbons (Fsp3) is 0.174. The van der Waals surface area contributed by atoms with Gasteiger partial charge in [-0.05, 0) is 60.4 Å². The van der Waals surface area contributed by atoms with Gasteiger partial charge in [-0.1, -0.05) is 36.4 Å². The van der Waals surface area contributed by atoms with Crippen LogP contribution in [0.25, 0.3) is 0 Å². The Balaban J connectivity index is 1.70. The van der Waals surface area contributed by atoms with Crippen molar-refractivity contribution in [2.45, 2.75) is 18.8 Å². The molecule has 0 fully saturated rings. The Hall–Kier alpha value is -3.21. The largest absolute Gasteiger partial charge is 0.419 e. The minimum atomic E-state index is -0.544. The van der Waals surface area contributed by atoms with Crippen LogP contribution in [0, 0.1) is 11.6 Å². The highest BCUT2D eigenvalue weighted by atomic mass is 19.1. The molecule has 1 aliphatic heterocycles. The molecule has 4 rings (SSSR count). The third-order valence-corrected chi connectivity index (χ3v) is 4.97. The lowest BCUT2D eigenvalue weighted by Gasteiger charge is -2.24. The summed E-state index contributed by atoms with van der Waals surface area (Å²) in [6.45, 7) is 0.416. The summed E-state index contributed by atoms with van der Waals surface area (Å²) in [6, 6.07) is 19.6. The first kappa shape index (κ1) is 18.2. The van der Waals surface area contributed by atoms with Crippen LogP contribution < -0.4 is 9.64 Å². The molecule has 0 saturated carbocycles. The zero-order valence-electron chi connectivity index (χ0n) is 15.1. The van der Waals surface area contributed by atoms with Crippen LogP contribution in [0.3, 0.4) is 0 Å². The Morgan fingerprint density at radius 3 is 2.39 bits per heavy atom. The molecule has 1 aliphatic rings. The number of fused-ring (bicyclic) bond motifs is 1. The Bertz CT molecular complexity index is 974. The smallest absolute Gasteiger partial charge is 0.410 e. The van der Waals surface area contributed by atoms with Crippen molar-refractivity contribution in [1.29, 1.82) is 0 Å². The molecule has 1 amide bonds. The first-order valence-corrected chi connectivity index (χ1v) is 9.21. The van der Waals surface area contributed by atoms with E-state index in [0.29, 0.717) is 24.4 Å². The van der Waals surface area contributed by atoms with E-state index in [2.05, 4.69) is 0 Å². The molecule has 1 unspecified atom stereocenters. The third-order valence-electron chi connectivity index (χ3n) is 4.97. The minimum Gasteiger partial charge on any atom is -0.410 e. The molecule has 0 bridgehead atoms. The maximum absolute atomic E-state index is 14.0. The molecule has 3 aromatic rings. The highest BCUT2D eigenvalue weighted by Crippen LogP contribution is 2.39. The molecule has 0 aliphatic carbocycles. The number of hydrogen-bond acceptors (Lipinski definition) is 2. The summed E-state index contributed by atoms with van der Waals surface area (Å²) >= 11 is 0. The predicted molar refractivity (Wildman–Crippen MR) is 104 cm³/mol. The number of halogens is 2. The standard InChI is InChI=1S/C23H19F2NO2/c24-17-10-8-16(9-11-17)20-7-4-14-26(22-15-18(25)12-13-21(20)22)23(27)28-19-5-2-1-3-6-19/h1-3,5-6,8-13,15,20H,4,7,14H2. The van der Waals surface area contributed by atoms with E-state index in [-0.39, 0.29) is 11.7 Å². The highest BCUT2D eigenvalue weighted by Gasteiger charge is 2.29. The molecule has 3 aromatic carbocycles. The van der Waals surface area contributed by atoms with Crippen LogP contribution in [0.2, 0.25) is 0 Å². The van der Waals surface area contributed by atoms with E-state index in [4.69, 9.17) is 4.74 Å². The van der Waals surface area contributed by atoms with Crippen LogP contribution in [-0.2, 0) is 0 Å². The highest BCUT2D eigenvalue weighted by molar-refractivity contribution is 5.90.